The van der Waals surface area contributed by atoms with Gasteiger partial charge in [-0.15, -0.1) is 22.7 Å². The molecule has 24 heavy (non-hydrogen) atoms. The van der Waals surface area contributed by atoms with Crippen LogP contribution in [0.25, 0.3) is 41.7 Å². The molecule has 0 saturated carbocycles. The summed E-state index contributed by atoms with van der Waals surface area (Å²) in [4.78, 5) is 25.9. The van der Waals surface area contributed by atoms with Crippen molar-refractivity contribution in [3.63, 3.8) is 0 Å². The zero-order valence-corrected chi connectivity index (χ0v) is 17.3. The molecular formula is C18H8Br2O2S2. The highest BCUT2D eigenvalue weighted by Crippen LogP contribution is 2.43. The Labute approximate surface area is 160 Å². The van der Waals surface area contributed by atoms with Crippen molar-refractivity contribution < 1.29 is 0 Å². The summed E-state index contributed by atoms with van der Waals surface area (Å²) >= 11 is 10.1. The number of rotatable bonds is 0. The second-order valence-corrected chi connectivity index (χ2v) is 10.9. The van der Waals surface area contributed by atoms with Crippen molar-refractivity contribution >= 4 is 96.3 Å². The van der Waals surface area contributed by atoms with E-state index in [1.807, 2.05) is 26.0 Å². The first-order valence-corrected chi connectivity index (χ1v) is 10.5. The largest absolute Gasteiger partial charge is 0.289 e. The number of benzene rings is 1. The van der Waals surface area contributed by atoms with Gasteiger partial charge in [-0.3, -0.25) is 9.59 Å². The molecule has 0 radical (unpaired) electrons. The van der Waals surface area contributed by atoms with Gasteiger partial charge < -0.3 is 0 Å². The molecule has 0 unspecified atom stereocenters. The molecule has 2 heterocycles. The van der Waals surface area contributed by atoms with Crippen LogP contribution in [-0.2, 0) is 0 Å². The summed E-state index contributed by atoms with van der Waals surface area (Å²) in [6.07, 6.45) is 0. The summed E-state index contributed by atoms with van der Waals surface area (Å²) < 4.78 is 3.85. The fourth-order valence-corrected chi connectivity index (χ4v) is 7.25. The molecule has 0 spiro atoms. The second kappa shape index (κ2) is 4.75. The molecular weight excluding hydrogens is 472 g/mol. The second-order valence-electron chi connectivity index (χ2n) is 5.99. The van der Waals surface area contributed by atoms with E-state index >= 15 is 0 Å². The highest BCUT2D eigenvalue weighted by Gasteiger charge is 2.24. The van der Waals surface area contributed by atoms with E-state index in [-0.39, 0.29) is 10.9 Å². The van der Waals surface area contributed by atoms with E-state index in [9.17, 15) is 9.59 Å². The maximum Gasteiger partial charge on any atom is 0.195 e. The first-order valence-electron chi connectivity index (χ1n) is 7.26. The smallest absolute Gasteiger partial charge is 0.195 e. The van der Waals surface area contributed by atoms with E-state index in [0.29, 0.717) is 0 Å². The number of hydrogen-bond acceptors (Lipinski definition) is 4. The molecule has 0 fully saturated rings. The van der Waals surface area contributed by atoms with Crippen LogP contribution in [-0.4, -0.2) is 0 Å². The molecule has 0 N–H and O–H groups in total. The summed E-state index contributed by atoms with van der Waals surface area (Å²) in [7, 11) is 0. The van der Waals surface area contributed by atoms with Crippen molar-refractivity contribution in [2.45, 2.75) is 13.8 Å². The minimum atomic E-state index is 0.0712. The zero-order valence-electron chi connectivity index (χ0n) is 12.5. The SMILES string of the molecule is Cc1c2c(=O)c3cc(Br)sc3c2c(C)c2c(=O)c3cc(Br)sc3c12. The molecule has 5 aromatic rings. The lowest BCUT2D eigenvalue weighted by Gasteiger charge is -2.05. The zero-order chi connectivity index (χ0) is 16.9. The Morgan fingerprint density at radius 3 is 1.46 bits per heavy atom. The van der Waals surface area contributed by atoms with Gasteiger partial charge in [0.05, 0.1) is 7.57 Å². The van der Waals surface area contributed by atoms with E-state index in [0.717, 1.165) is 60.4 Å². The fourth-order valence-electron chi connectivity index (χ4n) is 3.84. The van der Waals surface area contributed by atoms with Gasteiger partial charge in [0.15, 0.2) is 10.9 Å². The third-order valence-electron chi connectivity index (χ3n) is 4.80. The summed E-state index contributed by atoms with van der Waals surface area (Å²) in [5, 5.41) is 4.93. The van der Waals surface area contributed by atoms with Crippen molar-refractivity contribution in [1.82, 2.24) is 0 Å². The number of aryl methyl sites for hydroxylation is 2. The molecule has 0 aliphatic rings. The van der Waals surface area contributed by atoms with Crippen LogP contribution in [0.4, 0.5) is 0 Å². The number of hydrogen-bond donors (Lipinski definition) is 0. The van der Waals surface area contributed by atoms with Crippen molar-refractivity contribution in [3.8, 4) is 0 Å². The predicted octanol–water partition coefficient (Wildman–Crippen LogP) is 6.16. The average Bonchev–Trinajstić information content (AvgIpc) is 3.20. The van der Waals surface area contributed by atoms with Crippen LogP contribution in [0.3, 0.4) is 0 Å². The van der Waals surface area contributed by atoms with Crippen molar-refractivity contribution in [2.75, 3.05) is 0 Å². The molecule has 2 nitrogen and oxygen atoms in total. The molecule has 2 aromatic heterocycles. The molecule has 0 saturated heterocycles. The number of halogens is 2. The topological polar surface area (TPSA) is 34.1 Å². The molecule has 0 bridgehead atoms. The molecule has 118 valence electrons. The van der Waals surface area contributed by atoms with Crippen LogP contribution in [0, 0.1) is 13.8 Å². The van der Waals surface area contributed by atoms with Gasteiger partial charge in [0.25, 0.3) is 0 Å². The predicted molar refractivity (Wildman–Crippen MR) is 112 cm³/mol. The lowest BCUT2D eigenvalue weighted by molar-refractivity contribution is 1.55. The molecule has 0 aliphatic heterocycles. The molecule has 3 aromatic carbocycles. The monoisotopic (exact) mass is 478 g/mol. The lowest BCUT2D eigenvalue weighted by Crippen LogP contribution is -2.00. The highest BCUT2D eigenvalue weighted by atomic mass is 79.9. The summed E-state index contributed by atoms with van der Waals surface area (Å²) in [6.45, 7) is 3.94. The Bertz CT molecular complexity index is 1320. The highest BCUT2D eigenvalue weighted by molar-refractivity contribution is 9.11. The van der Waals surface area contributed by atoms with Crippen LogP contribution >= 0.6 is 54.5 Å². The van der Waals surface area contributed by atoms with E-state index in [1.165, 1.54) is 0 Å². The van der Waals surface area contributed by atoms with E-state index in [2.05, 4.69) is 31.9 Å². The van der Waals surface area contributed by atoms with Gasteiger partial charge in [-0.05, 0) is 69.0 Å². The normalized spacial score (nSPS) is 12.5. The fraction of sp³-hybridized carbons (Fsp3) is 0.111. The first kappa shape index (κ1) is 15.2. The Hall–Kier alpha value is -1.08. The summed E-state index contributed by atoms with van der Waals surface area (Å²) in [6, 6.07) is 3.78. The maximum atomic E-state index is 13.0. The number of fused-ring (bicyclic) bond motifs is 6. The quantitative estimate of drug-likeness (QED) is 0.266. The molecule has 5 rings (SSSR count). The molecule has 0 amide bonds. The van der Waals surface area contributed by atoms with E-state index < -0.39 is 0 Å². The summed E-state index contributed by atoms with van der Waals surface area (Å²) in [5.41, 5.74) is 2.00. The van der Waals surface area contributed by atoms with Gasteiger partial charge in [0, 0.05) is 41.7 Å². The Morgan fingerprint density at radius 2 is 1.08 bits per heavy atom. The van der Waals surface area contributed by atoms with Gasteiger partial charge in [-0.1, -0.05) is 0 Å². The van der Waals surface area contributed by atoms with Crippen molar-refractivity contribution in [2.24, 2.45) is 0 Å². The Morgan fingerprint density at radius 1 is 0.708 bits per heavy atom. The third-order valence-corrected chi connectivity index (χ3v) is 8.11. The van der Waals surface area contributed by atoms with E-state index in [1.54, 1.807) is 22.7 Å². The van der Waals surface area contributed by atoms with Crippen LogP contribution in [0.1, 0.15) is 11.1 Å². The van der Waals surface area contributed by atoms with Gasteiger partial charge in [0.2, 0.25) is 0 Å². The maximum absolute atomic E-state index is 13.0. The van der Waals surface area contributed by atoms with Gasteiger partial charge >= 0.3 is 0 Å². The first-order chi connectivity index (χ1) is 11.4. The van der Waals surface area contributed by atoms with Crippen LogP contribution < -0.4 is 10.9 Å². The standard InChI is InChI=1S/C18H8Br2O2S2/c1-5-11-14(18-7(15(11)21)3-10(20)24-18)6(2)12-13(5)17-8(16(12)22)4-9(19)23-17/h3-4H,1-2H3. The van der Waals surface area contributed by atoms with E-state index in [4.69, 9.17) is 0 Å². The Kier molecular flexibility index (Phi) is 3.01. The minimum Gasteiger partial charge on any atom is -0.289 e. The average molecular weight is 480 g/mol. The van der Waals surface area contributed by atoms with Gasteiger partial charge in [-0.25, -0.2) is 0 Å². The number of thiophene rings is 2. The molecule has 6 heteroatoms. The van der Waals surface area contributed by atoms with Crippen LogP contribution in [0.2, 0.25) is 0 Å². The third kappa shape index (κ3) is 1.65. The van der Waals surface area contributed by atoms with Gasteiger partial charge in [0.1, 0.15) is 0 Å². The van der Waals surface area contributed by atoms with Crippen molar-refractivity contribution in [3.05, 3.63) is 51.3 Å². The summed E-state index contributed by atoms with van der Waals surface area (Å²) in [5.74, 6) is 0. The van der Waals surface area contributed by atoms with Gasteiger partial charge in [-0.2, -0.15) is 0 Å². The van der Waals surface area contributed by atoms with Crippen LogP contribution in [0.5, 0.6) is 0 Å². The molecule has 0 aliphatic carbocycles. The minimum absolute atomic E-state index is 0.0712. The molecule has 0 atom stereocenters. The Balaban J connectivity index is 2.22. The van der Waals surface area contributed by atoms with Crippen molar-refractivity contribution in [1.29, 1.82) is 0 Å². The van der Waals surface area contributed by atoms with Crippen LogP contribution in [0.15, 0.2) is 29.3 Å². The lowest BCUT2D eigenvalue weighted by atomic mass is 9.99.